The molecule has 0 bridgehead atoms. The highest BCUT2D eigenvalue weighted by Gasteiger charge is 2.31. The number of nitrogen functional groups attached to an aromatic ring is 1. The molecular formula is C35H34N4O6. The highest BCUT2D eigenvalue weighted by Crippen LogP contribution is 2.35. The standard InChI is InChI=1S/C35H34N4O6/c36-24-25-18-20-26(21-19-25)38-35(42)45-34(28-12-4-7-15-31(28)43-23-22-40)32(44-27-10-2-1-3-11-27)16-8-9-17-33(41)39-30-14-6-5-13-29(30)37/h1-7,9-15,17-21,32,34,40H,8,16,22-23,37H2,(H,38,42)(H,39,41)/b17-9+/t32-,34-/m0/s1. The van der Waals surface area contributed by atoms with E-state index in [0.717, 1.165) is 0 Å². The third kappa shape index (κ3) is 9.88. The number of amides is 2. The Morgan fingerprint density at radius 2 is 1.62 bits per heavy atom. The summed E-state index contributed by atoms with van der Waals surface area (Å²) in [5, 5.41) is 23.9. The molecule has 0 aliphatic carbocycles. The van der Waals surface area contributed by atoms with Crippen LogP contribution < -0.4 is 25.8 Å². The van der Waals surface area contributed by atoms with Crippen LogP contribution in [0.3, 0.4) is 0 Å². The second-order valence-corrected chi connectivity index (χ2v) is 9.78. The lowest BCUT2D eigenvalue weighted by atomic mass is 9.99. The Bertz CT molecular complexity index is 1620. The first-order valence-corrected chi connectivity index (χ1v) is 14.3. The van der Waals surface area contributed by atoms with Gasteiger partial charge in [0.1, 0.15) is 24.2 Å². The first-order valence-electron chi connectivity index (χ1n) is 14.3. The Morgan fingerprint density at radius 1 is 0.911 bits per heavy atom. The van der Waals surface area contributed by atoms with Gasteiger partial charge in [0.25, 0.3) is 0 Å². The predicted octanol–water partition coefficient (Wildman–Crippen LogP) is 6.22. The zero-order chi connectivity index (χ0) is 31.9. The van der Waals surface area contributed by atoms with Crippen molar-refractivity contribution in [2.75, 3.05) is 29.6 Å². The van der Waals surface area contributed by atoms with Gasteiger partial charge in [-0.15, -0.1) is 0 Å². The maximum absolute atomic E-state index is 13.2. The number of hydrogen-bond acceptors (Lipinski definition) is 8. The Hall–Kier alpha value is -5.79. The van der Waals surface area contributed by atoms with Gasteiger partial charge in [-0.05, 0) is 73.5 Å². The second kappa shape index (κ2) is 16.7. The predicted molar refractivity (Wildman–Crippen MR) is 172 cm³/mol. The molecule has 10 heteroatoms. The van der Waals surface area contributed by atoms with Gasteiger partial charge < -0.3 is 30.4 Å². The first-order chi connectivity index (χ1) is 22.0. The van der Waals surface area contributed by atoms with Gasteiger partial charge in [0.05, 0.1) is 29.6 Å². The highest BCUT2D eigenvalue weighted by atomic mass is 16.6. The Kier molecular flexibility index (Phi) is 12.0. The van der Waals surface area contributed by atoms with Crippen LogP contribution in [0.15, 0.2) is 115 Å². The van der Waals surface area contributed by atoms with Crippen LogP contribution in [0.5, 0.6) is 11.5 Å². The summed E-state index contributed by atoms with van der Waals surface area (Å²) in [4.78, 5) is 25.8. The normalized spacial score (nSPS) is 12.0. The number of carbonyl (C=O) groups is 2. The minimum atomic E-state index is -0.968. The molecule has 0 heterocycles. The van der Waals surface area contributed by atoms with Crippen LogP contribution >= 0.6 is 0 Å². The number of ether oxygens (including phenoxy) is 3. The number of nitrogens with two attached hydrogens (primary N) is 1. The molecule has 0 saturated heterocycles. The van der Waals surface area contributed by atoms with Crippen molar-refractivity contribution < 1.29 is 28.9 Å². The molecule has 0 aliphatic rings. The van der Waals surface area contributed by atoms with E-state index < -0.39 is 18.3 Å². The number of anilines is 3. The Morgan fingerprint density at radius 3 is 2.36 bits per heavy atom. The number of aliphatic hydroxyl groups excluding tert-OH is 1. The van der Waals surface area contributed by atoms with Gasteiger partial charge in [-0.1, -0.05) is 54.6 Å². The van der Waals surface area contributed by atoms with Crippen molar-refractivity contribution in [1.82, 2.24) is 0 Å². The van der Waals surface area contributed by atoms with Crippen molar-refractivity contribution in [2.45, 2.75) is 25.0 Å². The zero-order valence-corrected chi connectivity index (χ0v) is 24.5. The number of nitrogens with zero attached hydrogens (tertiary/aromatic N) is 1. The monoisotopic (exact) mass is 606 g/mol. The van der Waals surface area contributed by atoms with Gasteiger partial charge in [-0.2, -0.15) is 5.26 Å². The number of carbonyl (C=O) groups excluding carboxylic acids is 2. The molecule has 4 rings (SSSR count). The largest absolute Gasteiger partial charge is 0.491 e. The molecule has 0 aliphatic heterocycles. The Balaban J connectivity index is 1.58. The average Bonchev–Trinajstić information content (AvgIpc) is 3.06. The van der Waals surface area contributed by atoms with Crippen molar-refractivity contribution in [3.63, 3.8) is 0 Å². The van der Waals surface area contributed by atoms with E-state index in [1.54, 1.807) is 91.0 Å². The third-order valence-corrected chi connectivity index (χ3v) is 6.54. The minimum absolute atomic E-state index is 0.0369. The van der Waals surface area contributed by atoms with Gasteiger partial charge in [0.15, 0.2) is 6.10 Å². The summed E-state index contributed by atoms with van der Waals surface area (Å²) in [6.45, 7) is -0.167. The van der Waals surface area contributed by atoms with E-state index in [9.17, 15) is 14.7 Å². The van der Waals surface area contributed by atoms with Crippen LogP contribution in [0.25, 0.3) is 0 Å². The van der Waals surface area contributed by atoms with E-state index in [-0.39, 0.29) is 19.1 Å². The maximum Gasteiger partial charge on any atom is 0.412 e. The van der Waals surface area contributed by atoms with Crippen LogP contribution in [0.4, 0.5) is 21.9 Å². The summed E-state index contributed by atoms with van der Waals surface area (Å²) in [6, 6.07) is 31.5. The van der Waals surface area contributed by atoms with Crippen LogP contribution in [0.2, 0.25) is 0 Å². The summed E-state index contributed by atoms with van der Waals surface area (Å²) < 4.78 is 18.2. The number of nitriles is 1. The molecule has 45 heavy (non-hydrogen) atoms. The van der Waals surface area contributed by atoms with Crippen LogP contribution in [-0.4, -0.2) is 36.4 Å². The number of rotatable bonds is 14. The Labute approximate surface area is 261 Å². The van der Waals surface area contributed by atoms with E-state index in [4.69, 9.17) is 25.2 Å². The van der Waals surface area contributed by atoms with Gasteiger partial charge in [0.2, 0.25) is 5.91 Å². The molecule has 0 fully saturated rings. The zero-order valence-electron chi connectivity index (χ0n) is 24.5. The molecule has 0 saturated carbocycles. The molecule has 4 aromatic carbocycles. The topological polar surface area (TPSA) is 156 Å². The lowest BCUT2D eigenvalue weighted by Gasteiger charge is -2.29. The van der Waals surface area contributed by atoms with E-state index in [2.05, 4.69) is 10.6 Å². The van der Waals surface area contributed by atoms with Gasteiger partial charge >= 0.3 is 6.09 Å². The summed E-state index contributed by atoms with van der Waals surface area (Å²) in [6.07, 6.45) is 1.41. The van der Waals surface area contributed by atoms with Crippen molar-refractivity contribution in [1.29, 1.82) is 5.26 Å². The SMILES string of the molecule is N#Cc1ccc(NC(=O)O[C@@H](c2ccccc2OCCO)[C@H](CC/C=C/C(=O)Nc2ccccc2N)Oc2ccccc2)cc1. The van der Waals surface area contributed by atoms with E-state index in [1.165, 1.54) is 6.08 Å². The average molecular weight is 607 g/mol. The summed E-state index contributed by atoms with van der Waals surface area (Å²) in [7, 11) is 0. The first kappa shape index (κ1) is 32.1. The quantitative estimate of drug-likeness (QED) is 0.0973. The molecule has 2 amide bonds. The molecule has 2 atom stereocenters. The lowest BCUT2D eigenvalue weighted by molar-refractivity contribution is -0.111. The van der Waals surface area contributed by atoms with E-state index in [1.807, 2.05) is 24.3 Å². The number of hydrogen-bond donors (Lipinski definition) is 4. The highest BCUT2D eigenvalue weighted by molar-refractivity contribution is 6.01. The number of benzene rings is 4. The summed E-state index contributed by atoms with van der Waals surface area (Å²) in [5.74, 6) is 0.629. The number of aliphatic hydroxyl groups is 1. The lowest BCUT2D eigenvalue weighted by Crippen LogP contribution is -2.31. The minimum Gasteiger partial charge on any atom is -0.491 e. The van der Waals surface area contributed by atoms with E-state index in [0.29, 0.717) is 52.5 Å². The summed E-state index contributed by atoms with van der Waals surface area (Å²) in [5.41, 5.74) is 8.32. The molecule has 10 nitrogen and oxygen atoms in total. The molecule has 230 valence electrons. The maximum atomic E-state index is 13.2. The molecule has 0 aromatic heterocycles. The van der Waals surface area contributed by atoms with Crippen molar-refractivity contribution in [2.24, 2.45) is 0 Å². The number of para-hydroxylation sites is 4. The van der Waals surface area contributed by atoms with Crippen LogP contribution in [0.1, 0.15) is 30.1 Å². The van der Waals surface area contributed by atoms with E-state index >= 15 is 0 Å². The smallest absolute Gasteiger partial charge is 0.412 e. The third-order valence-electron chi connectivity index (χ3n) is 6.54. The van der Waals surface area contributed by atoms with Gasteiger partial charge in [0, 0.05) is 11.3 Å². The summed E-state index contributed by atoms with van der Waals surface area (Å²) >= 11 is 0. The fraction of sp³-hybridized carbons (Fsp3) is 0.171. The second-order valence-electron chi connectivity index (χ2n) is 9.78. The molecule has 0 spiro atoms. The van der Waals surface area contributed by atoms with Crippen molar-refractivity contribution in [3.8, 4) is 17.6 Å². The molecule has 4 aromatic rings. The number of nitrogens with one attached hydrogen (secondary N) is 2. The molecule has 0 unspecified atom stereocenters. The fourth-order valence-corrected chi connectivity index (χ4v) is 4.42. The van der Waals surface area contributed by atoms with Crippen molar-refractivity contribution >= 4 is 29.1 Å². The van der Waals surface area contributed by atoms with Crippen molar-refractivity contribution in [3.05, 3.63) is 126 Å². The van der Waals surface area contributed by atoms with Crippen LogP contribution in [0, 0.1) is 11.3 Å². The molecule has 5 N–H and O–H groups in total. The van der Waals surface area contributed by atoms with Gasteiger partial charge in [-0.25, -0.2) is 4.79 Å². The molecule has 0 radical (unpaired) electrons. The number of allylic oxidation sites excluding steroid dienone is 1. The fourth-order valence-electron chi connectivity index (χ4n) is 4.42. The van der Waals surface area contributed by atoms with Crippen LogP contribution in [-0.2, 0) is 9.53 Å². The molecular weight excluding hydrogens is 572 g/mol. The van der Waals surface area contributed by atoms with Gasteiger partial charge in [-0.3, -0.25) is 10.1 Å².